The molecule has 0 bridgehead atoms. The summed E-state index contributed by atoms with van der Waals surface area (Å²) in [7, 11) is 0. The number of nitrogens with zero attached hydrogens (tertiary/aromatic N) is 4. The fourth-order valence-corrected chi connectivity index (χ4v) is 4.42. The number of oxazole rings is 1. The number of amides is 2. The van der Waals surface area contributed by atoms with Crippen molar-refractivity contribution in [3.05, 3.63) is 71.4 Å². The van der Waals surface area contributed by atoms with E-state index < -0.39 is 11.7 Å². The van der Waals surface area contributed by atoms with E-state index in [9.17, 15) is 27.6 Å². The first-order valence-electron chi connectivity index (χ1n) is 11.8. The third-order valence-corrected chi connectivity index (χ3v) is 6.48. The summed E-state index contributed by atoms with van der Waals surface area (Å²) in [6, 6.07) is 9.90. The Morgan fingerprint density at radius 3 is 2.53 bits per heavy atom. The second-order valence-corrected chi connectivity index (χ2v) is 8.96. The minimum atomic E-state index is -4.43. The third-order valence-electron chi connectivity index (χ3n) is 6.48. The van der Waals surface area contributed by atoms with Gasteiger partial charge in [-0.05, 0) is 43.3 Å². The lowest BCUT2D eigenvalue weighted by Crippen LogP contribution is -2.49. The maximum atomic E-state index is 13.1. The number of alkyl halides is 3. The molecule has 0 N–H and O–H groups in total. The van der Waals surface area contributed by atoms with Crippen molar-refractivity contribution in [2.24, 2.45) is 0 Å². The van der Waals surface area contributed by atoms with Crippen LogP contribution >= 0.6 is 0 Å². The fraction of sp³-hybridized carbons (Fsp3) is 0.308. The number of hydrogen-bond acceptors (Lipinski definition) is 7. The molecule has 2 amide bonds. The molecule has 12 heteroatoms. The van der Waals surface area contributed by atoms with Gasteiger partial charge in [-0.2, -0.15) is 13.2 Å². The van der Waals surface area contributed by atoms with Gasteiger partial charge in [-0.3, -0.25) is 19.3 Å². The topological polar surface area (TPSA) is 96.2 Å². The molecular weight excluding hydrogens is 505 g/mol. The Balaban J connectivity index is 1.25. The van der Waals surface area contributed by atoms with E-state index in [4.69, 9.17) is 9.15 Å². The van der Waals surface area contributed by atoms with E-state index >= 15 is 0 Å². The summed E-state index contributed by atoms with van der Waals surface area (Å²) in [6.45, 7) is 2.47. The molecule has 2 aliphatic rings. The molecule has 0 spiro atoms. The van der Waals surface area contributed by atoms with Crippen molar-refractivity contribution in [1.29, 1.82) is 0 Å². The fourth-order valence-electron chi connectivity index (χ4n) is 4.42. The smallest absolute Gasteiger partial charge is 0.416 e. The Kier molecular flexibility index (Phi) is 6.55. The molecular formula is C26H23F3N4O5. The SMILES string of the molecule is CC(=O)c1ccc2c(c1)N(Cc1nc(C(=O)N3CCN(c4cccc(C(F)(F)F)c4)CC3)co1)C(=O)CO2. The molecule has 0 aliphatic carbocycles. The number of anilines is 2. The van der Waals surface area contributed by atoms with E-state index in [0.29, 0.717) is 48.9 Å². The molecule has 2 aliphatic heterocycles. The Morgan fingerprint density at radius 1 is 1.05 bits per heavy atom. The maximum absolute atomic E-state index is 13.1. The Hall–Kier alpha value is -4.35. The average molecular weight is 528 g/mol. The van der Waals surface area contributed by atoms with Crippen molar-refractivity contribution in [3.8, 4) is 5.75 Å². The summed E-state index contributed by atoms with van der Waals surface area (Å²) in [5.41, 5.74) is 0.609. The largest absolute Gasteiger partial charge is 0.482 e. The maximum Gasteiger partial charge on any atom is 0.416 e. The standard InChI is InChI=1S/C26H23F3N4O5/c1-16(34)17-5-6-22-21(11-17)33(24(35)15-37-22)13-23-30-20(14-38-23)25(36)32-9-7-31(8-10-32)19-4-2-3-18(12-19)26(27,28)29/h2-6,11-12,14H,7-10,13,15H2,1H3. The lowest BCUT2D eigenvalue weighted by atomic mass is 10.1. The Morgan fingerprint density at radius 2 is 1.82 bits per heavy atom. The predicted octanol–water partition coefficient (Wildman–Crippen LogP) is 3.78. The van der Waals surface area contributed by atoms with Crippen LogP contribution in [0.5, 0.6) is 5.75 Å². The number of ether oxygens (including phenoxy) is 1. The molecule has 198 valence electrons. The molecule has 9 nitrogen and oxygen atoms in total. The van der Waals surface area contributed by atoms with Crippen LogP contribution in [-0.2, 0) is 17.5 Å². The summed E-state index contributed by atoms with van der Waals surface area (Å²) < 4.78 is 50.1. The number of aromatic nitrogens is 1. The highest BCUT2D eigenvalue weighted by atomic mass is 19.4. The van der Waals surface area contributed by atoms with Crippen LogP contribution in [0.1, 0.15) is 39.2 Å². The first kappa shape index (κ1) is 25.3. The lowest BCUT2D eigenvalue weighted by Gasteiger charge is -2.36. The molecule has 0 radical (unpaired) electrons. The summed E-state index contributed by atoms with van der Waals surface area (Å²) in [5.74, 6) is -0.323. The molecule has 3 aromatic rings. The van der Waals surface area contributed by atoms with E-state index in [0.717, 1.165) is 12.1 Å². The van der Waals surface area contributed by atoms with E-state index in [-0.39, 0.29) is 42.3 Å². The van der Waals surface area contributed by atoms with Crippen LogP contribution in [0.2, 0.25) is 0 Å². The van der Waals surface area contributed by atoms with Gasteiger partial charge in [0, 0.05) is 37.4 Å². The van der Waals surface area contributed by atoms with Gasteiger partial charge in [0.25, 0.3) is 11.8 Å². The van der Waals surface area contributed by atoms with Crippen molar-refractivity contribution in [2.45, 2.75) is 19.6 Å². The first-order valence-corrected chi connectivity index (χ1v) is 11.8. The molecule has 0 unspecified atom stereocenters. The van der Waals surface area contributed by atoms with Gasteiger partial charge < -0.3 is 19.0 Å². The van der Waals surface area contributed by atoms with Gasteiger partial charge in [-0.25, -0.2) is 4.98 Å². The first-order chi connectivity index (χ1) is 18.1. The van der Waals surface area contributed by atoms with Crippen molar-refractivity contribution in [3.63, 3.8) is 0 Å². The number of fused-ring (bicyclic) bond motifs is 1. The van der Waals surface area contributed by atoms with Crippen LogP contribution in [0.4, 0.5) is 24.5 Å². The molecule has 0 atom stereocenters. The van der Waals surface area contributed by atoms with Gasteiger partial charge in [0.15, 0.2) is 18.1 Å². The van der Waals surface area contributed by atoms with Gasteiger partial charge in [0.2, 0.25) is 5.89 Å². The van der Waals surface area contributed by atoms with Crippen LogP contribution in [0.3, 0.4) is 0 Å². The van der Waals surface area contributed by atoms with Crippen molar-refractivity contribution >= 4 is 29.0 Å². The number of ketones is 1. The highest BCUT2D eigenvalue weighted by Crippen LogP contribution is 2.34. The normalized spacial score (nSPS) is 15.8. The van der Waals surface area contributed by atoms with Gasteiger partial charge in [-0.1, -0.05) is 6.07 Å². The molecule has 3 heterocycles. The average Bonchev–Trinajstić information content (AvgIpc) is 3.38. The number of hydrogen-bond donors (Lipinski definition) is 0. The number of Topliss-reactive ketones (excluding diaryl/α,β-unsaturated/α-hetero) is 1. The zero-order valence-corrected chi connectivity index (χ0v) is 20.3. The van der Waals surface area contributed by atoms with Crippen LogP contribution in [-0.4, -0.2) is 60.3 Å². The van der Waals surface area contributed by atoms with Gasteiger partial charge in [0.05, 0.1) is 11.3 Å². The lowest BCUT2D eigenvalue weighted by molar-refractivity contribution is -0.137. The number of halogens is 3. The van der Waals surface area contributed by atoms with Gasteiger partial charge in [0.1, 0.15) is 18.6 Å². The quantitative estimate of drug-likeness (QED) is 0.465. The van der Waals surface area contributed by atoms with Crippen LogP contribution in [0.25, 0.3) is 0 Å². The van der Waals surface area contributed by atoms with E-state index in [1.54, 1.807) is 34.1 Å². The van der Waals surface area contributed by atoms with Crippen LogP contribution < -0.4 is 14.5 Å². The van der Waals surface area contributed by atoms with Crippen LogP contribution in [0.15, 0.2) is 53.1 Å². The monoisotopic (exact) mass is 528 g/mol. The van der Waals surface area contributed by atoms with Crippen molar-refractivity contribution < 1.29 is 36.7 Å². The third kappa shape index (κ3) is 5.06. The summed E-state index contributed by atoms with van der Waals surface area (Å²) in [6.07, 6.45) is -3.21. The second-order valence-electron chi connectivity index (χ2n) is 8.96. The van der Waals surface area contributed by atoms with E-state index in [2.05, 4.69) is 4.98 Å². The minimum Gasteiger partial charge on any atom is -0.482 e. The zero-order valence-electron chi connectivity index (χ0n) is 20.3. The highest BCUT2D eigenvalue weighted by molar-refractivity contribution is 6.01. The van der Waals surface area contributed by atoms with E-state index in [1.807, 2.05) is 0 Å². The molecule has 1 fully saturated rings. The number of benzene rings is 2. The van der Waals surface area contributed by atoms with Gasteiger partial charge in [-0.15, -0.1) is 0 Å². The number of piperazine rings is 1. The summed E-state index contributed by atoms with van der Waals surface area (Å²) in [4.78, 5) is 46.4. The molecule has 5 rings (SSSR count). The number of carbonyl (C=O) groups excluding carboxylic acids is 3. The van der Waals surface area contributed by atoms with Gasteiger partial charge >= 0.3 is 6.18 Å². The second kappa shape index (κ2) is 9.84. The molecule has 0 saturated carbocycles. The zero-order chi connectivity index (χ0) is 27.0. The molecule has 1 aromatic heterocycles. The molecule has 2 aromatic carbocycles. The Bertz CT molecular complexity index is 1400. The minimum absolute atomic E-state index is 0.0611. The number of rotatable bonds is 5. The summed E-state index contributed by atoms with van der Waals surface area (Å²) in [5, 5.41) is 0. The molecule has 38 heavy (non-hydrogen) atoms. The summed E-state index contributed by atoms with van der Waals surface area (Å²) >= 11 is 0. The van der Waals surface area contributed by atoms with Crippen molar-refractivity contribution in [1.82, 2.24) is 9.88 Å². The number of carbonyl (C=O) groups is 3. The van der Waals surface area contributed by atoms with E-state index in [1.165, 1.54) is 24.2 Å². The predicted molar refractivity (Wildman–Crippen MR) is 129 cm³/mol. The molecule has 1 saturated heterocycles. The van der Waals surface area contributed by atoms with Crippen LogP contribution in [0, 0.1) is 0 Å². The van der Waals surface area contributed by atoms with Crippen molar-refractivity contribution in [2.75, 3.05) is 42.6 Å². The Labute approximate surface area is 215 Å². The highest BCUT2D eigenvalue weighted by Gasteiger charge is 2.32.